The molecule has 1 aromatic carbocycles. The molecule has 6 heteroatoms. The smallest absolute Gasteiger partial charge is 0.191 e. The Morgan fingerprint density at radius 2 is 1.96 bits per heavy atom. The molecule has 2 aliphatic rings. The first-order chi connectivity index (χ1) is 11.7. The molecule has 0 bridgehead atoms. The number of aliphatic imine (C=N–C) groups is 1. The second-order valence-corrected chi connectivity index (χ2v) is 6.96. The average molecular weight is 458 g/mol. The number of nitrogens with two attached hydrogens (primary N) is 1. The maximum absolute atomic E-state index is 6.15. The van der Waals surface area contributed by atoms with Gasteiger partial charge in [-0.3, -0.25) is 4.90 Å². The van der Waals surface area contributed by atoms with Crippen LogP contribution in [0.3, 0.4) is 0 Å². The van der Waals surface area contributed by atoms with Crippen molar-refractivity contribution in [3.8, 4) is 0 Å². The zero-order valence-electron chi connectivity index (χ0n) is 15.2. The Kier molecular flexibility index (Phi) is 8.45. The Labute approximate surface area is 168 Å². The average Bonchev–Trinajstić information content (AvgIpc) is 2.61. The maximum Gasteiger partial charge on any atom is 0.191 e. The lowest BCUT2D eigenvalue weighted by molar-refractivity contribution is -0.0212. The summed E-state index contributed by atoms with van der Waals surface area (Å²) in [5.41, 5.74) is 8.72. The standard InChI is InChI=1S/C19H30N4O.HI/c1-16-14-22(10-11-24-16)15-18-7-5-6-17(12-18)13-21-19(20)23-8-3-2-4-9-23;/h5-7,12,16H,2-4,8-11,13-15H2,1H3,(H2,20,21);1H. The number of guanidine groups is 1. The van der Waals surface area contributed by atoms with Crippen LogP contribution >= 0.6 is 24.0 Å². The van der Waals surface area contributed by atoms with Gasteiger partial charge < -0.3 is 15.4 Å². The van der Waals surface area contributed by atoms with Crippen LogP contribution in [-0.2, 0) is 17.8 Å². The number of nitrogens with zero attached hydrogens (tertiary/aromatic N) is 3. The van der Waals surface area contributed by atoms with Crippen molar-refractivity contribution in [1.82, 2.24) is 9.80 Å². The predicted octanol–water partition coefficient (Wildman–Crippen LogP) is 2.83. The number of hydrogen-bond acceptors (Lipinski definition) is 3. The van der Waals surface area contributed by atoms with Crippen LogP contribution in [0, 0.1) is 0 Å². The first-order valence-electron chi connectivity index (χ1n) is 9.17. The van der Waals surface area contributed by atoms with E-state index < -0.39 is 0 Å². The van der Waals surface area contributed by atoms with Crippen molar-refractivity contribution in [3.63, 3.8) is 0 Å². The van der Waals surface area contributed by atoms with Crippen molar-refractivity contribution in [2.24, 2.45) is 10.7 Å². The van der Waals surface area contributed by atoms with Crippen LogP contribution in [0.15, 0.2) is 29.3 Å². The quantitative estimate of drug-likeness (QED) is 0.429. The lowest BCUT2D eigenvalue weighted by Gasteiger charge is -2.31. The lowest BCUT2D eigenvalue weighted by Crippen LogP contribution is -2.40. The summed E-state index contributed by atoms with van der Waals surface area (Å²) in [6.45, 7) is 8.72. The van der Waals surface area contributed by atoms with Crippen molar-refractivity contribution in [1.29, 1.82) is 0 Å². The van der Waals surface area contributed by atoms with Gasteiger partial charge in [0.25, 0.3) is 0 Å². The fraction of sp³-hybridized carbons (Fsp3) is 0.632. The summed E-state index contributed by atoms with van der Waals surface area (Å²) in [5.74, 6) is 0.696. The molecule has 2 saturated heterocycles. The Bertz CT molecular complexity index is 560. The van der Waals surface area contributed by atoms with Crippen LogP contribution in [0.5, 0.6) is 0 Å². The normalized spacial score (nSPS) is 22.5. The number of rotatable bonds is 4. The Morgan fingerprint density at radius 1 is 1.20 bits per heavy atom. The maximum atomic E-state index is 6.15. The summed E-state index contributed by atoms with van der Waals surface area (Å²) in [5, 5.41) is 0. The Balaban J connectivity index is 0.00000225. The molecule has 25 heavy (non-hydrogen) atoms. The van der Waals surface area contributed by atoms with E-state index in [-0.39, 0.29) is 24.0 Å². The zero-order chi connectivity index (χ0) is 16.8. The van der Waals surface area contributed by atoms with Crippen LogP contribution in [0.2, 0.25) is 0 Å². The molecule has 1 unspecified atom stereocenters. The van der Waals surface area contributed by atoms with E-state index in [0.717, 1.165) is 39.3 Å². The number of hydrogen-bond donors (Lipinski definition) is 1. The van der Waals surface area contributed by atoms with Crippen LogP contribution in [-0.4, -0.2) is 54.6 Å². The van der Waals surface area contributed by atoms with Gasteiger partial charge in [0.05, 0.1) is 19.3 Å². The predicted molar refractivity (Wildman–Crippen MR) is 113 cm³/mol. The summed E-state index contributed by atoms with van der Waals surface area (Å²) >= 11 is 0. The highest BCUT2D eigenvalue weighted by molar-refractivity contribution is 14.0. The second kappa shape index (κ2) is 10.3. The second-order valence-electron chi connectivity index (χ2n) is 6.96. The minimum absolute atomic E-state index is 0. The van der Waals surface area contributed by atoms with Crippen molar-refractivity contribution in [2.45, 2.75) is 45.4 Å². The van der Waals surface area contributed by atoms with Crippen LogP contribution in [0.1, 0.15) is 37.3 Å². The number of benzene rings is 1. The zero-order valence-corrected chi connectivity index (χ0v) is 17.5. The minimum Gasteiger partial charge on any atom is -0.376 e. The van der Waals surface area contributed by atoms with Gasteiger partial charge in [-0.25, -0.2) is 4.99 Å². The van der Waals surface area contributed by atoms with Gasteiger partial charge >= 0.3 is 0 Å². The fourth-order valence-electron chi connectivity index (χ4n) is 3.51. The minimum atomic E-state index is 0. The summed E-state index contributed by atoms with van der Waals surface area (Å²) < 4.78 is 5.61. The van der Waals surface area contributed by atoms with Gasteiger partial charge in [0.2, 0.25) is 0 Å². The van der Waals surface area contributed by atoms with Gasteiger partial charge in [-0.05, 0) is 37.3 Å². The molecular weight excluding hydrogens is 427 g/mol. The molecule has 0 aromatic heterocycles. The molecule has 2 aliphatic heterocycles. The molecular formula is C19H31IN4O. The molecule has 1 atom stereocenters. The Hall–Kier alpha value is -0.860. The van der Waals surface area contributed by atoms with E-state index in [2.05, 4.69) is 46.0 Å². The molecule has 1 aromatic rings. The molecule has 5 nitrogen and oxygen atoms in total. The molecule has 0 amide bonds. The molecule has 2 heterocycles. The highest BCUT2D eigenvalue weighted by atomic mass is 127. The topological polar surface area (TPSA) is 54.1 Å². The highest BCUT2D eigenvalue weighted by Gasteiger charge is 2.16. The van der Waals surface area contributed by atoms with Crippen molar-refractivity contribution in [2.75, 3.05) is 32.8 Å². The van der Waals surface area contributed by atoms with Crippen molar-refractivity contribution >= 4 is 29.9 Å². The molecule has 0 radical (unpaired) electrons. The van der Waals surface area contributed by atoms with E-state index in [1.807, 2.05) is 0 Å². The summed E-state index contributed by atoms with van der Waals surface area (Å²) in [6, 6.07) is 8.72. The number of halogens is 1. The summed E-state index contributed by atoms with van der Waals surface area (Å²) in [4.78, 5) is 9.27. The molecule has 0 spiro atoms. The number of piperidine rings is 1. The highest BCUT2D eigenvalue weighted by Crippen LogP contribution is 2.13. The number of morpholine rings is 1. The molecule has 2 fully saturated rings. The number of likely N-dealkylation sites (tertiary alicyclic amines) is 1. The first-order valence-corrected chi connectivity index (χ1v) is 9.17. The summed E-state index contributed by atoms with van der Waals surface area (Å²) in [7, 11) is 0. The van der Waals surface area contributed by atoms with Gasteiger partial charge in [0.15, 0.2) is 5.96 Å². The molecule has 0 aliphatic carbocycles. The molecule has 3 rings (SSSR count). The van der Waals surface area contributed by atoms with Crippen LogP contribution in [0.25, 0.3) is 0 Å². The largest absolute Gasteiger partial charge is 0.376 e. The van der Waals surface area contributed by atoms with Crippen LogP contribution in [0.4, 0.5) is 0 Å². The van der Waals surface area contributed by atoms with E-state index in [9.17, 15) is 0 Å². The molecule has 2 N–H and O–H groups in total. The van der Waals surface area contributed by atoms with Gasteiger partial charge in [-0.15, -0.1) is 24.0 Å². The van der Waals surface area contributed by atoms with Gasteiger partial charge in [-0.2, -0.15) is 0 Å². The fourth-order valence-corrected chi connectivity index (χ4v) is 3.51. The first kappa shape index (κ1) is 20.5. The van der Waals surface area contributed by atoms with Crippen molar-refractivity contribution in [3.05, 3.63) is 35.4 Å². The van der Waals surface area contributed by atoms with E-state index in [1.54, 1.807) is 0 Å². The third-order valence-electron chi connectivity index (χ3n) is 4.83. The van der Waals surface area contributed by atoms with E-state index in [1.165, 1.54) is 30.4 Å². The van der Waals surface area contributed by atoms with Gasteiger partial charge in [0, 0.05) is 32.7 Å². The van der Waals surface area contributed by atoms with E-state index in [0.29, 0.717) is 18.6 Å². The Morgan fingerprint density at radius 3 is 2.72 bits per heavy atom. The molecule has 140 valence electrons. The van der Waals surface area contributed by atoms with E-state index in [4.69, 9.17) is 10.5 Å². The van der Waals surface area contributed by atoms with E-state index >= 15 is 0 Å². The van der Waals surface area contributed by atoms with Gasteiger partial charge in [-0.1, -0.05) is 24.3 Å². The van der Waals surface area contributed by atoms with Gasteiger partial charge in [0.1, 0.15) is 0 Å². The van der Waals surface area contributed by atoms with Crippen LogP contribution < -0.4 is 5.73 Å². The molecule has 0 saturated carbocycles. The lowest BCUT2D eigenvalue weighted by atomic mass is 10.1. The third kappa shape index (κ3) is 6.42. The van der Waals surface area contributed by atoms with Crippen molar-refractivity contribution < 1.29 is 4.74 Å². The monoisotopic (exact) mass is 458 g/mol. The SMILES string of the molecule is CC1CN(Cc2cccc(CN=C(N)N3CCCCC3)c2)CCO1.I. The third-order valence-corrected chi connectivity index (χ3v) is 4.83. The number of ether oxygens (including phenoxy) is 1. The summed E-state index contributed by atoms with van der Waals surface area (Å²) in [6.07, 6.45) is 4.09.